The first-order valence-corrected chi connectivity index (χ1v) is 7.59. The number of rotatable bonds is 3. The van der Waals surface area contributed by atoms with Crippen LogP contribution in [0.15, 0.2) is 77.2 Å². The van der Waals surface area contributed by atoms with Crippen LogP contribution in [0, 0.1) is 5.82 Å². The van der Waals surface area contributed by atoms with Crippen LogP contribution in [0.5, 0.6) is 0 Å². The normalized spacial score (nSPS) is 10.9. The lowest BCUT2D eigenvalue weighted by Gasteiger charge is -2.00. The van der Waals surface area contributed by atoms with E-state index >= 15 is 0 Å². The molecule has 0 atom stereocenters. The first-order chi connectivity index (χ1) is 11.7. The van der Waals surface area contributed by atoms with Crippen molar-refractivity contribution in [2.24, 2.45) is 0 Å². The molecule has 0 radical (unpaired) electrons. The zero-order valence-electron chi connectivity index (χ0n) is 12.7. The SMILES string of the molecule is O=Cc1ccc(-c2cc3cc(-c4ccccc4)ccc3o2)c(F)c1. The molecule has 0 spiro atoms. The predicted molar refractivity (Wildman–Crippen MR) is 92.4 cm³/mol. The quantitative estimate of drug-likeness (QED) is 0.453. The van der Waals surface area contributed by atoms with E-state index in [0.29, 0.717) is 28.8 Å². The molecular weight excluding hydrogens is 303 g/mol. The molecule has 3 heteroatoms. The summed E-state index contributed by atoms with van der Waals surface area (Å²) in [5.74, 6) is -0.0212. The number of carbonyl (C=O) groups excluding carboxylic acids is 1. The number of hydrogen-bond donors (Lipinski definition) is 0. The molecule has 0 bridgehead atoms. The molecule has 1 heterocycles. The Morgan fingerprint density at radius 3 is 2.42 bits per heavy atom. The Bertz CT molecular complexity index is 1030. The number of halogens is 1. The Labute approximate surface area is 138 Å². The molecule has 0 aliphatic carbocycles. The van der Waals surface area contributed by atoms with Crippen molar-refractivity contribution in [3.05, 3.63) is 84.2 Å². The van der Waals surface area contributed by atoms with Crippen LogP contribution >= 0.6 is 0 Å². The van der Waals surface area contributed by atoms with E-state index in [1.165, 1.54) is 6.07 Å². The van der Waals surface area contributed by atoms with Crippen molar-refractivity contribution in [3.63, 3.8) is 0 Å². The molecule has 0 amide bonds. The van der Waals surface area contributed by atoms with Crippen LogP contribution < -0.4 is 0 Å². The lowest BCUT2D eigenvalue weighted by Crippen LogP contribution is -1.86. The highest BCUT2D eigenvalue weighted by Gasteiger charge is 2.12. The van der Waals surface area contributed by atoms with Crippen molar-refractivity contribution < 1.29 is 13.6 Å². The maximum Gasteiger partial charge on any atom is 0.150 e. The van der Waals surface area contributed by atoms with E-state index in [0.717, 1.165) is 16.5 Å². The standard InChI is InChI=1S/C21H13FO2/c22-19-10-14(13-23)6-8-18(19)21-12-17-11-16(7-9-20(17)24-21)15-4-2-1-3-5-15/h1-13H. The van der Waals surface area contributed by atoms with Gasteiger partial charge in [0, 0.05) is 10.9 Å². The third kappa shape index (κ3) is 2.50. The third-order valence-electron chi connectivity index (χ3n) is 4.02. The molecule has 116 valence electrons. The summed E-state index contributed by atoms with van der Waals surface area (Å²) >= 11 is 0. The van der Waals surface area contributed by atoms with Crippen LogP contribution in [0.25, 0.3) is 33.4 Å². The van der Waals surface area contributed by atoms with Gasteiger partial charge < -0.3 is 4.42 Å². The smallest absolute Gasteiger partial charge is 0.150 e. The van der Waals surface area contributed by atoms with Crippen molar-refractivity contribution in [2.75, 3.05) is 0 Å². The Balaban J connectivity index is 1.80. The van der Waals surface area contributed by atoms with Crippen LogP contribution in [-0.2, 0) is 0 Å². The van der Waals surface area contributed by atoms with E-state index in [4.69, 9.17) is 4.42 Å². The molecule has 4 aromatic rings. The molecule has 4 rings (SSSR count). The molecule has 0 unspecified atom stereocenters. The summed E-state index contributed by atoms with van der Waals surface area (Å²) in [6.07, 6.45) is 0.623. The zero-order chi connectivity index (χ0) is 16.5. The Morgan fingerprint density at radius 1 is 0.833 bits per heavy atom. The van der Waals surface area contributed by atoms with Gasteiger partial charge in [-0.05, 0) is 41.5 Å². The van der Waals surface area contributed by atoms with Crippen molar-refractivity contribution >= 4 is 17.3 Å². The first kappa shape index (κ1) is 14.4. The summed E-state index contributed by atoms with van der Waals surface area (Å²) in [4.78, 5) is 10.7. The number of hydrogen-bond acceptors (Lipinski definition) is 2. The van der Waals surface area contributed by atoms with E-state index < -0.39 is 5.82 Å². The minimum absolute atomic E-state index is 0.304. The van der Waals surface area contributed by atoms with Gasteiger partial charge in [-0.3, -0.25) is 4.79 Å². The second-order valence-electron chi connectivity index (χ2n) is 5.59. The van der Waals surface area contributed by atoms with Gasteiger partial charge in [0.2, 0.25) is 0 Å². The molecule has 0 saturated heterocycles. The molecule has 24 heavy (non-hydrogen) atoms. The molecular formula is C21H13FO2. The second-order valence-corrected chi connectivity index (χ2v) is 5.59. The Hall–Kier alpha value is -3.20. The van der Waals surface area contributed by atoms with Crippen molar-refractivity contribution in [1.29, 1.82) is 0 Å². The molecule has 0 aliphatic heterocycles. The Morgan fingerprint density at radius 2 is 1.67 bits per heavy atom. The number of benzene rings is 3. The topological polar surface area (TPSA) is 30.2 Å². The lowest BCUT2D eigenvalue weighted by atomic mass is 10.0. The summed E-state index contributed by atoms with van der Waals surface area (Å²) in [7, 11) is 0. The van der Waals surface area contributed by atoms with Gasteiger partial charge in [0.1, 0.15) is 23.4 Å². The molecule has 0 fully saturated rings. The Kier molecular flexibility index (Phi) is 3.47. The maximum atomic E-state index is 14.2. The fraction of sp³-hybridized carbons (Fsp3) is 0. The van der Waals surface area contributed by atoms with E-state index in [2.05, 4.69) is 0 Å². The van der Waals surface area contributed by atoms with E-state index in [9.17, 15) is 9.18 Å². The molecule has 1 aromatic heterocycles. The average Bonchev–Trinajstić information content (AvgIpc) is 3.05. The third-order valence-corrected chi connectivity index (χ3v) is 4.02. The minimum Gasteiger partial charge on any atom is -0.456 e. The highest BCUT2D eigenvalue weighted by molar-refractivity contribution is 5.87. The summed E-state index contributed by atoms with van der Waals surface area (Å²) in [5, 5.41) is 0.908. The molecule has 0 saturated carbocycles. The summed E-state index contributed by atoms with van der Waals surface area (Å²) in [6, 6.07) is 22.1. The summed E-state index contributed by atoms with van der Waals surface area (Å²) in [5.41, 5.74) is 3.54. The van der Waals surface area contributed by atoms with Gasteiger partial charge in [0.15, 0.2) is 0 Å². The largest absolute Gasteiger partial charge is 0.456 e. The second kappa shape index (κ2) is 5.78. The minimum atomic E-state index is -0.470. The number of furan rings is 1. The van der Waals surface area contributed by atoms with Gasteiger partial charge in [-0.25, -0.2) is 4.39 Å². The van der Waals surface area contributed by atoms with Crippen LogP contribution in [0.1, 0.15) is 10.4 Å². The van der Waals surface area contributed by atoms with Crippen LogP contribution in [0.3, 0.4) is 0 Å². The fourth-order valence-corrected chi connectivity index (χ4v) is 2.79. The van der Waals surface area contributed by atoms with Gasteiger partial charge in [0.05, 0.1) is 5.56 Å². The monoisotopic (exact) mass is 316 g/mol. The van der Waals surface area contributed by atoms with Gasteiger partial charge in [-0.1, -0.05) is 42.5 Å². The van der Waals surface area contributed by atoms with Gasteiger partial charge in [-0.2, -0.15) is 0 Å². The van der Waals surface area contributed by atoms with Crippen LogP contribution in [0.2, 0.25) is 0 Å². The first-order valence-electron chi connectivity index (χ1n) is 7.59. The van der Waals surface area contributed by atoms with Gasteiger partial charge in [-0.15, -0.1) is 0 Å². The number of aldehydes is 1. The zero-order valence-corrected chi connectivity index (χ0v) is 12.7. The fourth-order valence-electron chi connectivity index (χ4n) is 2.79. The van der Waals surface area contributed by atoms with Crippen molar-refractivity contribution in [1.82, 2.24) is 0 Å². The van der Waals surface area contributed by atoms with Crippen LogP contribution in [0.4, 0.5) is 4.39 Å². The van der Waals surface area contributed by atoms with Crippen molar-refractivity contribution in [2.45, 2.75) is 0 Å². The molecule has 0 aliphatic rings. The highest BCUT2D eigenvalue weighted by Crippen LogP contribution is 2.32. The maximum absolute atomic E-state index is 14.2. The van der Waals surface area contributed by atoms with Crippen molar-refractivity contribution in [3.8, 4) is 22.5 Å². The van der Waals surface area contributed by atoms with E-state index in [1.54, 1.807) is 12.1 Å². The number of carbonyl (C=O) groups is 1. The predicted octanol–water partition coefficient (Wildman–Crippen LogP) is 5.72. The molecule has 0 N–H and O–H groups in total. The highest BCUT2D eigenvalue weighted by atomic mass is 19.1. The van der Waals surface area contributed by atoms with Crippen LogP contribution in [-0.4, -0.2) is 6.29 Å². The van der Waals surface area contributed by atoms with E-state index in [-0.39, 0.29) is 0 Å². The lowest BCUT2D eigenvalue weighted by molar-refractivity contribution is 0.112. The molecule has 3 aromatic carbocycles. The average molecular weight is 316 g/mol. The number of fused-ring (bicyclic) bond motifs is 1. The summed E-state index contributed by atoms with van der Waals surface area (Å²) < 4.78 is 19.9. The van der Waals surface area contributed by atoms with Gasteiger partial charge >= 0.3 is 0 Å². The summed E-state index contributed by atoms with van der Waals surface area (Å²) in [6.45, 7) is 0. The molecule has 2 nitrogen and oxygen atoms in total. The van der Waals surface area contributed by atoms with Gasteiger partial charge in [0.25, 0.3) is 0 Å². The van der Waals surface area contributed by atoms with E-state index in [1.807, 2.05) is 54.6 Å².